The van der Waals surface area contributed by atoms with Gasteiger partial charge in [0, 0.05) is 0 Å². The minimum absolute atomic E-state index is 0.0364. The first-order valence-electron chi connectivity index (χ1n) is 8.33. The lowest BCUT2D eigenvalue weighted by atomic mass is 9.87. The largest absolute Gasteiger partial charge is 0.478 e. The zero-order chi connectivity index (χ0) is 17.6. The van der Waals surface area contributed by atoms with E-state index in [9.17, 15) is 14.7 Å². The summed E-state index contributed by atoms with van der Waals surface area (Å²) in [4.78, 5) is 24.0. The molecule has 23 heavy (non-hydrogen) atoms. The van der Waals surface area contributed by atoms with Gasteiger partial charge in [0.2, 0.25) is 0 Å². The number of aromatic carboxylic acids is 1. The van der Waals surface area contributed by atoms with Crippen LogP contribution in [-0.4, -0.2) is 23.7 Å². The summed E-state index contributed by atoms with van der Waals surface area (Å²) in [6, 6.07) is 3.38. The third-order valence-corrected chi connectivity index (χ3v) is 3.52. The number of hydrogen-bond donors (Lipinski definition) is 1. The second-order valence-corrected chi connectivity index (χ2v) is 6.76. The minimum atomic E-state index is -1.09. The van der Waals surface area contributed by atoms with Gasteiger partial charge in [-0.2, -0.15) is 0 Å². The number of esters is 1. The fourth-order valence-corrected chi connectivity index (χ4v) is 2.64. The van der Waals surface area contributed by atoms with Crippen molar-refractivity contribution in [3.8, 4) is 0 Å². The van der Waals surface area contributed by atoms with E-state index in [-0.39, 0.29) is 11.1 Å². The maximum atomic E-state index is 12.5. The molecular weight excluding hydrogens is 292 g/mol. The molecule has 0 unspecified atom stereocenters. The van der Waals surface area contributed by atoms with Crippen LogP contribution in [0.3, 0.4) is 0 Å². The Hall–Kier alpha value is -1.84. The Morgan fingerprint density at radius 2 is 1.70 bits per heavy atom. The molecule has 1 aromatic rings. The summed E-state index contributed by atoms with van der Waals surface area (Å²) in [5, 5.41) is 9.46. The number of rotatable bonds is 8. The third-order valence-electron chi connectivity index (χ3n) is 3.52. The van der Waals surface area contributed by atoms with Gasteiger partial charge in [0.15, 0.2) is 0 Å². The van der Waals surface area contributed by atoms with E-state index in [0.717, 1.165) is 17.5 Å². The van der Waals surface area contributed by atoms with Crippen LogP contribution in [0.2, 0.25) is 0 Å². The highest BCUT2D eigenvalue weighted by molar-refractivity contribution is 6.03. The summed E-state index contributed by atoms with van der Waals surface area (Å²) in [6.45, 7) is 10.6. The fourth-order valence-electron chi connectivity index (χ4n) is 2.64. The highest BCUT2D eigenvalue weighted by Crippen LogP contribution is 2.26. The van der Waals surface area contributed by atoms with Crippen molar-refractivity contribution in [1.82, 2.24) is 0 Å². The average molecular weight is 320 g/mol. The van der Waals surface area contributed by atoms with Crippen molar-refractivity contribution in [3.63, 3.8) is 0 Å². The highest BCUT2D eigenvalue weighted by atomic mass is 16.5. The number of ether oxygens (including phenoxy) is 1. The van der Waals surface area contributed by atoms with E-state index in [4.69, 9.17) is 4.74 Å². The quantitative estimate of drug-likeness (QED) is 0.723. The molecule has 0 aromatic heterocycles. The van der Waals surface area contributed by atoms with Gasteiger partial charge in [0.05, 0.1) is 17.7 Å². The molecule has 1 rings (SSSR count). The molecule has 4 heteroatoms. The summed E-state index contributed by atoms with van der Waals surface area (Å²) in [5.41, 5.74) is 2.14. The molecule has 0 heterocycles. The number of carbonyl (C=O) groups is 2. The lowest BCUT2D eigenvalue weighted by Gasteiger charge is -2.19. The summed E-state index contributed by atoms with van der Waals surface area (Å²) in [5.74, 6) is -0.862. The second kappa shape index (κ2) is 8.70. The number of hydrogen-bond acceptors (Lipinski definition) is 3. The number of carbonyl (C=O) groups excluding carboxylic acids is 1. The fraction of sp³-hybridized carbons (Fsp3) is 0.579. The lowest BCUT2D eigenvalue weighted by molar-refractivity contribution is 0.0492. The van der Waals surface area contributed by atoms with Crippen LogP contribution in [0.25, 0.3) is 0 Å². The first-order valence-corrected chi connectivity index (χ1v) is 8.33. The van der Waals surface area contributed by atoms with E-state index >= 15 is 0 Å². The van der Waals surface area contributed by atoms with Crippen molar-refractivity contribution >= 4 is 11.9 Å². The van der Waals surface area contributed by atoms with Crippen LogP contribution >= 0.6 is 0 Å². The topological polar surface area (TPSA) is 63.6 Å². The van der Waals surface area contributed by atoms with E-state index in [1.807, 2.05) is 13.0 Å². The molecule has 0 radical (unpaired) electrons. The van der Waals surface area contributed by atoms with Crippen LogP contribution in [0.5, 0.6) is 0 Å². The molecular formula is C19H28O4. The standard InChI is InChI=1S/C19H28O4/c1-6-9-23-19(22)17-15(18(20)21)8-7-14(10-12(2)3)16(17)11-13(4)5/h7-8,12-13H,6,9-11H2,1-5H3,(H,20,21). The smallest absolute Gasteiger partial charge is 0.339 e. The van der Waals surface area contributed by atoms with Crippen molar-refractivity contribution in [2.45, 2.75) is 53.9 Å². The van der Waals surface area contributed by atoms with Gasteiger partial charge in [0.1, 0.15) is 0 Å². The number of benzene rings is 1. The van der Waals surface area contributed by atoms with Gasteiger partial charge < -0.3 is 9.84 Å². The van der Waals surface area contributed by atoms with Crippen LogP contribution in [0.1, 0.15) is 72.9 Å². The first-order chi connectivity index (χ1) is 10.8. The van der Waals surface area contributed by atoms with Gasteiger partial charge in [-0.15, -0.1) is 0 Å². The Labute approximate surface area is 138 Å². The van der Waals surface area contributed by atoms with Crippen molar-refractivity contribution in [3.05, 3.63) is 34.4 Å². The van der Waals surface area contributed by atoms with Gasteiger partial charge >= 0.3 is 11.9 Å². The average Bonchev–Trinajstić information content (AvgIpc) is 2.44. The molecule has 0 bridgehead atoms. The molecule has 0 aliphatic carbocycles. The lowest BCUT2D eigenvalue weighted by Crippen LogP contribution is -2.18. The van der Waals surface area contributed by atoms with Gasteiger partial charge in [-0.05, 0) is 48.3 Å². The summed E-state index contributed by atoms with van der Waals surface area (Å²) in [7, 11) is 0. The predicted molar refractivity (Wildman–Crippen MR) is 91.1 cm³/mol. The molecule has 0 atom stereocenters. The van der Waals surface area contributed by atoms with E-state index in [1.54, 1.807) is 0 Å². The summed E-state index contributed by atoms with van der Waals surface area (Å²) in [6.07, 6.45) is 2.19. The van der Waals surface area contributed by atoms with Crippen molar-refractivity contribution in [1.29, 1.82) is 0 Å². The zero-order valence-corrected chi connectivity index (χ0v) is 14.8. The molecule has 0 amide bonds. The maximum absolute atomic E-state index is 12.5. The highest BCUT2D eigenvalue weighted by Gasteiger charge is 2.25. The summed E-state index contributed by atoms with van der Waals surface area (Å²) < 4.78 is 5.25. The molecule has 4 nitrogen and oxygen atoms in total. The number of carboxylic acids is 1. The first kappa shape index (κ1) is 19.2. The minimum Gasteiger partial charge on any atom is -0.478 e. The Morgan fingerprint density at radius 1 is 1.09 bits per heavy atom. The zero-order valence-electron chi connectivity index (χ0n) is 14.8. The van der Waals surface area contributed by atoms with Crippen LogP contribution in [0.4, 0.5) is 0 Å². The van der Waals surface area contributed by atoms with Gasteiger partial charge in [-0.1, -0.05) is 40.7 Å². The Bertz CT molecular complexity index is 559. The van der Waals surface area contributed by atoms with Crippen LogP contribution < -0.4 is 0 Å². The van der Waals surface area contributed by atoms with Crippen molar-refractivity contribution < 1.29 is 19.4 Å². The summed E-state index contributed by atoms with van der Waals surface area (Å²) >= 11 is 0. The molecule has 0 fully saturated rings. The Kier molecular flexibility index (Phi) is 7.27. The molecule has 128 valence electrons. The molecule has 0 saturated heterocycles. The molecule has 1 aromatic carbocycles. The predicted octanol–water partition coefficient (Wildman–Crippen LogP) is 4.35. The van der Waals surface area contributed by atoms with Crippen molar-refractivity contribution in [2.24, 2.45) is 11.8 Å². The second-order valence-electron chi connectivity index (χ2n) is 6.76. The normalized spacial score (nSPS) is 11.1. The molecule has 0 aliphatic rings. The molecule has 0 aliphatic heterocycles. The van der Waals surface area contributed by atoms with Crippen LogP contribution in [0, 0.1) is 11.8 Å². The Morgan fingerprint density at radius 3 is 2.17 bits per heavy atom. The van der Waals surface area contributed by atoms with Gasteiger partial charge in [-0.25, -0.2) is 9.59 Å². The van der Waals surface area contributed by atoms with E-state index in [2.05, 4.69) is 27.7 Å². The Balaban J connectivity index is 3.48. The van der Waals surface area contributed by atoms with E-state index < -0.39 is 11.9 Å². The van der Waals surface area contributed by atoms with Crippen LogP contribution in [-0.2, 0) is 17.6 Å². The molecule has 1 N–H and O–H groups in total. The monoisotopic (exact) mass is 320 g/mol. The SMILES string of the molecule is CCCOC(=O)c1c(C(=O)O)ccc(CC(C)C)c1CC(C)C. The molecule has 0 saturated carbocycles. The molecule has 0 spiro atoms. The van der Waals surface area contributed by atoms with E-state index in [0.29, 0.717) is 31.3 Å². The van der Waals surface area contributed by atoms with E-state index in [1.165, 1.54) is 6.07 Å². The maximum Gasteiger partial charge on any atom is 0.339 e. The number of carboxylic acid groups (broad SMARTS) is 1. The van der Waals surface area contributed by atoms with Crippen LogP contribution in [0.15, 0.2) is 12.1 Å². The third kappa shape index (κ3) is 5.38. The van der Waals surface area contributed by atoms with Crippen molar-refractivity contribution in [2.75, 3.05) is 6.61 Å². The van der Waals surface area contributed by atoms with Gasteiger partial charge in [0.25, 0.3) is 0 Å². The van der Waals surface area contributed by atoms with Gasteiger partial charge in [-0.3, -0.25) is 0 Å².